The van der Waals surface area contributed by atoms with Gasteiger partial charge in [-0.2, -0.15) is 0 Å². The maximum absolute atomic E-state index is 11.8. The van der Waals surface area contributed by atoms with Crippen molar-refractivity contribution < 1.29 is 9.59 Å². The van der Waals surface area contributed by atoms with Gasteiger partial charge in [-0.25, -0.2) is 0 Å². The molecule has 0 radical (unpaired) electrons. The van der Waals surface area contributed by atoms with Gasteiger partial charge in [-0.1, -0.05) is 6.07 Å². The van der Waals surface area contributed by atoms with Crippen molar-refractivity contribution >= 4 is 23.2 Å². The van der Waals surface area contributed by atoms with Crippen LogP contribution < -0.4 is 16.8 Å². The van der Waals surface area contributed by atoms with Crippen LogP contribution in [0.15, 0.2) is 24.3 Å². The number of carbonyl (C=O) groups excluding carboxylic acids is 2. The summed E-state index contributed by atoms with van der Waals surface area (Å²) < 4.78 is 0. The first-order valence-corrected chi connectivity index (χ1v) is 7.21. The Hall–Kier alpha value is -2.08. The maximum atomic E-state index is 11.8. The molecule has 6 nitrogen and oxygen atoms in total. The van der Waals surface area contributed by atoms with E-state index >= 15 is 0 Å². The van der Waals surface area contributed by atoms with Crippen LogP contribution >= 0.6 is 0 Å². The van der Waals surface area contributed by atoms with Gasteiger partial charge in [0.05, 0.1) is 5.92 Å². The van der Waals surface area contributed by atoms with Gasteiger partial charge in [0.1, 0.15) is 0 Å². The van der Waals surface area contributed by atoms with Crippen LogP contribution in [0, 0.1) is 5.92 Å². The molecule has 1 unspecified atom stereocenters. The predicted molar refractivity (Wildman–Crippen MR) is 82.5 cm³/mol. The van der Waals surface area contributed by atoms with Crippen molar-refractivity contribution in [2.75, 3.05) is 30.7 Å². The van der Waals surface area contributed by atoms with Crippen molar-refractivity contribution in [3.63, 3.8) is 0 Å². The number of benzene rings is 1. The van der Waals surface area contributed by atoms with Crippen molar-refractivity contribution in [3.8, 4) is 0 Å². The molecule has 1 aromatic rings. The zero-order chi connectivity index (χ0) is 15.2. The van der Waals surface area contributed by atoms with E-state index in [9.17, 15) is 9.59 Å². The molecule has 2 rings (SSSR count). The molecule has 1 atom stereocenters. The summed E-state index contributed by atoms with van der Waals surface area (Å²) in [5, 5.41) is 2.82. The number of likely N-dealkylation sites (tertiary alicyclic amines) is 1. The minimum atomic E-state index is -0.225. The molecule has 21 heavy (non-hydrogen) atoms. The first kappa shape index (κ1) is 15.3. The lowest BCUT2D eigenvalue weighted by Gasteiger charge is -2.14. The Morgan fingerprint density at radius 2 is 2.19 bits per heavy atom. The third-order valence-electron chi connectivity index (χ3n) is 3.72. The molecular weight excluding hydrogens is 268 g/mol. The fourth-order valence-electron chi connectivity index (χ4n) is 2.57. The molecule has 6 heteroatoms. The highest BCUT2D eigenvalue weighted by Gasteiger charge is 2.25. The van der Waals surface area contributed by atoms with E-state index in [1.54, 1.807) is 18.2 Å². The largest absolute Gasteiger partial charge is 0.399 e. The Labute approximate surface area is 124 Å². The highest BCUT2D eigenvalue weighted by Crippen LogP contribution is 2.16. The number of anilines is 2. The molecular formula is C15H22N4O2. The van der Waals surface area contributed by atoms with E-state index in [0.29, 0.717) is 18.7 Å². The van der Waals surface area contributed by atoms with Crippen molar-refractivity contribution in [2.45, 2.75) is 19.3 Å². The summed E-state index contributed by atoms with van der Waals surface area (Å²) in [4.78, 5) is 25.1. The topological polar surface area (TPSA) is 101 Å². The van der Waals surface area contributed by atoms with Crippen molar-refractivity contribution in [3.05, 3.63) is 24.3 Å². The van der Waals surface area contributed by atoms with Crippen LogP contribution in [0.2, 0.25) is 0 Å². The number of nitrogens with zero attached hydrogens (tertiary/aromatic N) is 1. The number of primary amides is 1. The van der Waals surface area contributed by atoms with Gasteiger partial charge < -0.3 is 21.7 Å². The summed E-state index contributed by atoms with van der Waals surface area (Å²) in [5.74, 6) is -0.283. The standard InChI is InChI=1S/C15H22N4O2/c16-12-3-1-4-13(9-12)18-14(20)5-2-7-19-8-6-11(10-19)15(17)21/h1,3-4,9,11H,2,5-8,10,16H2,(H2,17,21)(H,18,20). The Kier molecular flexibility index (Phi) is 5.16. The van der Waals surface area contributed by atoms with Crippen LogP contribution in [0.25, 0.3) is 0 Å². The molecule has 0 bridgehead atoms. The van der Waals surface area contributed by atoms with E-state index in [1.807, 2.05) is 6.07 Å². The average Bonchev–Trinajstić information content (AvgIpc) is 2.87. The van der Waals surface area contributed by atoms with Gasteiger partial charge >= 0.3 is 0 Å². The maximum Gasteiger partial charge on any atom is 0.224 e. The number of hydrogen-bond acceptors (Lipinski definition) is 4. The molecule has 1 aromatic carbocycles. The second-order valence-electron chi connectivity index (χ2n) is 5.47. The highest BCUT2D eigenvalue weighted by molar-refractivity contribution is 5.91. The van der Waals surface area contributed by atoms with Gasteiger partial charge in [-0.05, 0) is 44.1 Å². The first-order valence-electron chi connectivity index (χ1n) is 7.21. The van der Waals surface area contributed by atoms with E-state index in [0.717, 1.165) is 31.6 Å². The smallest absolute Gasteiger partial charge is 0.224 e. The lowest BCUT2D eigenvalue weighted by molar-refractivity contribution is -0.121. The number of rotatable bonds is 6. The number of nitrogens with two attached hydrogens (primary N) is 2. The third-order valence-corrected chi connectivity index (χ3v) is 3.72. The van der Waals surface area contributed by atoms with Gasteiger partial charge in [-0.15, -0.1) is 0 Å². The fraction of sp³-hybridized carbons (Fsp3) is 0.467. The van der Waals surface area contributed by atoms with Gasteiger partial charge in [0.2, 0.25) is 11.8 Å². The monoisotopic (exact) mass is 290 g/mol. The molecule has 1 aliphatic rings. The minimum absolute atomic E-state index is 0.0220. The van der Waals surface area contributed by atoms with Crippen LogP contribution in [0.5, 0.6) is 0 Å². The van der Waals surface area contributed by atoms with Gasteiger partial charge in [-0.3, -0.25) is 9.59 Å². The first-order chi connectivity index (χ1) is 10.0. The fourth-order valence-corrected chi connectivity index (χ4v) is 2.57. The van der Waals surface area contributed by atoms with E-state index in [2.05, 4.69) is 10.2 Å². The molecule has 2 amide bonds. The van der Waals surface area contributed by atoms with Gasteiger partial charge in [0.15, 0.2) is 0 Å². The predicted octanol–water partition coefficient (Wildman–Crippen LogP) is 0.795. The number of carbonyl (C=O) groups is 2. The number of hydrogen-bond donors (Lipinski definition) is 3. The lowest BCUT2D eigenvalue weighted by Crippen LogP contribution is -2.28. The molecule has 1 heterocycles. The Morgan fingerprint density at radius 3 is 2.86 bits per heavy atom. The quantitative estimate of drug-likeness (QED) is 0.674. The van der Waals surface area contributed by atoms with Gasteiger partial charge in [0, 0.05) is 24.3 Å². The Balaban J connectivity index is 1.67. The van der Waals surface area contributed by atoms with Crippen LogP contribution in [-0.4, -0.2) is 36.3 Å². The van der Waals surface area contributed by atoms with Crippen LogP contribution in [0.3, 0.4) is 0 Å². The summed E-state index contributed by atoms with van der Waals surface area (Å²) in [6.45, 7) is 2.41. The minimum Gasteiger partial charge on any atom is -0.399 e. The van der Waals surface area contributed by atoms with E-state index in [-0.39, 0.29) is 17.7 Å². The molecule has 0 spiro atoms. The molecule has 1 aliphatic heterocycles. The zero-order valence-electron chi connectivity index (χ0n) is 12.0. The van der Waals surface area contributed by atoms with E-state index in [4.69, 9.17) is 11.5 Å². The summed E-state index contributed by atoms with van der Waals surface area (Å²) in [6.07, 6.45) is 2.04. The van der Waals surface area contributed by atoms with Crippen molar-refractivity contribution in [1.82, 2.24) is 4.90 Å². The average molecular weight is 290 g/mol. The van der Waals surface area contributed by atoms with Crippen LogP contribution in [0.1, 0.15) is 19.3 Å². The van der Waals surface area contributed by atoms with Gasteiger partial charge in [0.25, 0.3) is 0 Å². The van der Waals surface area contributed by atoms with Crippen LogP contribution in [0.4, 0.5) is 11.4 Å². The summed E-state index contributed by atoms with van der Waals surface area (Å²) in [5.41, 5.74) is 12.3. The lowest BCUT2D eigenvalue weighted by atomic mass is 10.1. The molecule has 0 aliphatic carbocycles. The van der Waals surface area contributed by atoms with Crippen molar-refractivity contribution in [1.29, 1.82) is 0 Å². The number of amides is 2. The molecule has 0 saturated carbocycles. The molecule has 1 saturated heterocycles. The second-order valence-corrected chi connectivity index (χ2v) is 5.47. The molecule has 1 fully saturated rings. The number of nitrogens with one attached hydrogen (secondary N) is 1. The summed E-state index contributed by atoms with van der Waals surface area (Å²) >= 11 is 0. The summed E-state index contributed by atoms with van der Waals surface area (Å²) in [6, 6.07) is 7.12. The van der Waals surface area contributed by atoms with Crippen molar-refractivity contribution in [2.24, 2.45) is 11.7 Å². The Bertz CT molecular complexity index is 518. The Morgan fingerprint density at radius 1 is 1.38 bits per heavy atom. The SMILES string of the molecule is NC(=O)C1CCN(CCCC(=O)Nc2cccc(N)c2)C1. The van der Waals surface area contributed by atoms with Crippen LogP contribution in [-0.2, 0) is 9.59 Å². The zero-order valence-corrected chi connectivity index (χ0v) is 12.0. The molecule has 114 valence electrons. The second kappa shape index (κ2) is 7.08. The van der Waals surface area contributed by atoms with E-state index < -0.39 is 0 Å². The molecule has 5 N–H and O–H groups in total. The third kappa shape index (κ3) is 4.75. The normalized spacial score (nSPS) is 18.6. The number of nitrogen functional groups attached to an aromatic ring is 1. The highest BCUT2D eigenvalue weighted by atomic mass is 16.2. The molecule has 0 aromatic heterocycles. The van der Waals surface area contributed by atoms with E-state index in [1.165, 1.54) is 0 Å². The summed E-state index contributed by atoms with van der Waals surface area (Å²) in [7, 11) is 0.